The van der Waals surface area contributed by atoms with Crippen molar-refractivity contribution in [1.29, 1.82) is 0 Å². The maximum absolute atomic E-state index is 12.9. The van der Waals surface area contributed by atoms with E-state index in [9.17, 15) is 20.1 Å². The summed E-state index contributed by atoms with van der Waals surface area (Å²) in [6, 6.07) is 9.92. The molecule has 3 aromatic heterocycles. The molecule has 4 aromatic rings. The number of nitrogens with zero attached hydrogens (tertiary/aromatic N) is 4. The maximum Gasteiger partial charge on any atom is 0.377 e. The molecular formula is C19H19N5O5. The van der Waals surface area contributed by atoms with Crippen molar-refractivity contribution in [1.82, 2.24) is 19.2 Å². The van der Waals surface area contributed by atoms with E-state index in [1.165, 1.54) is 16.6 Å². The molecule has 29 heavy (non-hydrogen) atoms. The minimum absolute atomic E-state index is 0.0219. The lowest BCUT2D eigenvalue weighted by molar-refractivity contribution is -0.374. The van der Waals surface area contributed by atoms with Gasteiger partial charge in [-0.2, -0.15) is 5.10 Å². The summed E-state index contributed by atoms with van der Waals surface area (Å²) in [5, 5.41) is 33.9. The van der Waals surface area contributed by atoms with Crippen LogP contribution < -0.4 is 11.3 Å². The Labute approximate surface area is 164 Å². The van der Waals surface area contributed by atoms with E-state index in [1.54, 1.807) is 37.6 Å². The standard InChI is InChI=1S/C19H19N5O5/c1-29-7-6-13-9-17-23(19(26,27)28)18(25)14-4-2-11(8-15(14)24(17)22-13)12-3-5-16(20)21-10-12/h2-5,8-10,26-28H,6-7H2,1H3,(H2,20,21). The van der Waals surface area contributed by atoms with Gasteiger partial charge < -0.3 is 25.8 Å². The third-order valence-corrected chi connectivity index (χ3v) is 4.61. The van der Waals surface area contributed by atoms with Gasteiger partial charge in [-0.15, -0.1) is 0 Å². The van der Waals surface area contributed by atoms with Gasteiger partial charge in [0.15, 0.2) is 0 Å². The Morgan fingerprint density at radius 3 is 2.55 bits per heavy atom. The Bertz CT molecular complexity index is 1250. The molecule has 0 saturated carbocycles. The first kappa shape index (κ1) is 19.0. The van der Waals surface area contributed by atoms with Gasteiger partial charge in [0, 0.05) is 31.4 Å². The van der Waals surface area contributed by atoms with Gasteiger partial charge >= 0.3 is 6.10 Å². The molecule has 150 valence electrons. The van der Waals surface area contributed by atoms with Crippen molar-refractivity contribution in [3.63, 3.8) is 0 Å². The molecule has 0 radical (unpaired) electrons. The lowest BCUT2D eigenvalue weighted by Gasteiger charge is -2.19. The number of hydrogen-bond acceptors (Lipinski definition) is 8. The van der Waals surface area contributed by atoms with Crippen molar-refractivity contribution >= 4 is 22.4 Å². The highest BCUT2D eigenvalue weighted by atomic mass is 16.7. The number of anilines is 1. The number of benzene rings is 1. The topological polar surface area (TPSA) is 148 Å². The quantitative estimate of drug-likeness (QED) is 0.345. The molecule has 0 amide bonds. The molecule has 0 unspecified atom stereocenters. The van der Waals surface area contributed by atoms with Crippen LogP contribution in [0, 0.1) is 0 Å². The summed E-state index contributed by atoms with van der Waals surface area (Å²) in [5.41, 5.74) is 7.42. The zero-order valence-electron chi connectivity index (χ0n) is 15.5. The molecule has 0 aliphatic carbocycles. The molecule has 3 heterocycles. The molecule has 10 nitrogen and oxygen atoms in total. The van der Waals surface area contributed by atoms with Gasteiger partial charge in [0.05, 0.1) is 23.2 Å². The summed E-state index contributed by atoms with van der Waals surface area (Å²) in [7, 11) is 1.55. The zero-order valence-corrected chi connectivity index (χ0v) is 15.5. The van der Waals surface area contributed by atoms with Gasteiger partial charge in [-0.3, -0.25) is 4.79 Å². The van der Waals surface area contributed by atoms with Crippen LogP contribution in [0.5, 0.6) is 0 Å². The second kappa shape index (κ2) is 6.94. The fourth-order valence-corrected chi connectivity index (χ4v) is 3.24. The highest BCUT2D eigenvalue weighted by molar-refractivity contribution is 5.85. The number of pyridine rings is 1. The molecular weight excluding hydrogens is 378 g/mol. The number of ether oxygens (including phenoxy) is 1. The van der Waals surface area contributed by atoms with E-state index in [1.807, 2.05) is 0 Å². The van der Waals surface area contributed by atoms with Crippen molar-refractivity contribution in [3.05, 3.63) is 58.6 Å². The Morgan fingerprint density at radius 1 is 1.14 bits per heavy atom. The van der Waals surface area contributed by atoms with Crippen LogP contribution in [0.4, 0.5) is 5.82 Å². The first-order chi connectivity index (χ1) is 13.8. The van der Waals surface area contributed by atoms with Gasteiger partial charge in [-0.25, -0.2) is 14.1 Å². The Balaban J connectivity index is 2.03. The fraction of sp³-hybridized carbons (Fsp3) is 0.211. The number of aliphatic hydroxyl groups is 3. The summed E-state index contributed by atoms with van der Waals surface area (Å²) in [5.74, 6) is 0.389. The minimum atomic E-state index is -3.38. The fourth-order valence-electron chi connectivity index (χ4n) is 3.24. The smallest absolute Gasteiger partial charge is 0.377 e. The largest absolute Gasteiger partial charge is 0.384 e. The first-order valence-corrected chi connectivity index (χ1v) is 8.75. The number of methoxy groups -OCH3 is 1. The summed E-state index contributed by atoms with van der Waals surface area (Å²) >= 11 is 0. The van der Waals surface area contributed by atoms with E-state index in [0.717, 1.165) is 11.1 Å². The highest BCUT2D eigenvalue weighted by Crippen LogP contribution is 2.25. The number of aromatic nitrogens is 4. The zero-order chi connectivity index (χ0) is 20.8. The van der Waals surface area contributed by atoms with Crippen LogP contribution in [-0.2, 0) is 17.3 Å². The molecule has 0 saturated heterocycles. The predicted octanol–water partition coefficient (Wildman–Crippen LogP) is 0.0270. The van der Waals surface area contributed by atoms with Crippen LogP contribution in [0.3, 0.4) is 0 Å². The number of nitrogen functional groups attached to an aromatic ring is 1. The number of fused-ring (bicyclic) bond motifs is 3. The molecule has 0 spiro atoms. The molecule has 0 fully saturated rings. The minimum Gasteiger partial charge on any atom is -0.384 e. The van der Waals surface area contributed by atoms with Gasteiger partial charge in [0.1, 0.15) is 11.5 Å². The predicted molar refractivity (Wildman–Crippen MR) is 105 cm³/mol. The number of rotatable bonds is 5. The van der Waals surface area contributed by atoms with E-state index in [4.69, 9.17) is 10.5 Å². The van der Waals surface area contributed by atoms with Gasteiger partial charge in [0.2, 0.25) is 0 Å². The molecule has 10 heteroatoms. The van der Waals surface area contributed by atoms with Gasteiger partial charge in [0.25, 0.3) is 5.56 Å². The molecule has 5 N–H and O–H groups in total. The Kier molecular flexibility index (Phi) is 4.55. The Morgan fingerprint density at radius 2 is 1.90 bits per heavy atom. The normalized spacial score (nSPS) is 12.1. The van der Waals surface area contributed by atoms with Crippen LogP contribution in [-0.4, -0.2) is 48.2 Å². The third-order valence-electron chi connectivity index (χ3n) is 4.61. The summed E-state index contributed by atoms with van der Waals surface area (Å²) in [4.78, 5) is 17.0. The average Bonchev–Trinajstić information content (AvgIpc) is 3.09. The monoisotopic (exact) mass is 397 g/mol. The summed E-state index contributed by atoms with van der Waals surface area (Å²) in [6.07, 6.45) is -1.34. The van der Waals surface area contributed by atoms with Crippen molar-refractivity contribution in [2.24, 2.45) is 0 Å². The number of hydrogen-bond donors (Lipinski definition) is 4. The third kappa shape index (κ3) is 3.34. The van der Waals surface area contributed by atoms with Crippen LogP contribution in [0.25, 0.3) is 27.7 Å². The highest BCUT2D eigenvalue weighted by Gasteiger charge is 2.28. The van der Waals surface area contributed by atoms with Crippen LogP contribution in [0.1, 0.15) is 5.69 Å². The van der Waals surface area contributed by atoms with E-state index >= 15 is 0 Å². The second-order valence-corrected chi connectivity index (χ2v) is 6.59. The molecule has 0 bridgehead atoms. The lowest BCUT2D eigenvalue weighted by Crippen LogP contribution is -2.41. The SMILES string of the molecule is COCCc1cc2n(C(O)(O)O)c(=O)c3ccc(-c4ccc(N)nc4)cc3n2n1. The van der Waals surface area contributed by atoms with E-state index in [0.29, 0.717) is 34.6 Å². The van der Waals surface area contributed by atoms with Gasteiger partial charge in [-0.05, 0) is 29.8 Å². The average molecular weight is 397 g/mol. The summed E-state index contributed by atoms with van der Waals surface area (Å²) in [6.45, 7) is 0.386. The van der Waals surface area contributed by atoms with E-state index < -0.39 is 11.7 Å². The maximum atomic E-state index is 12.9. The van der Waals surface area contributed by atoms with Crippen molar-refractivity contribution in [2.75, 3.05) is 19.5 Å². The number of nitrogens with two attached hydrogens (primary N) is 1. The summed E-state index contributed by atoms with van der Waals surface area (Å²) < 4.78 is 6.91. The first-order valence-electron chi connectivity index (χ1n) is 8.75. The molecule has 0 aliphatic heterocycles. The molecule has 0 atom stereocenters. The second-order valence-electron chi connectivity index (χ2n) is 6.59. The van der Waals surface area contributed by atoms with Gasteiger partial charge in [-0.1, -0.05) is 6.07 Å². The van der Waals surface area contributed by atoms with Crippen molar-refractivity contribution in [3.8, 4) is 11.1 Å². The van der Waals surface area contributed by atoms with Crippen molar-refractivity contribution < 1.29 is 20.1 Å². The Hall–Kier alpha value is -3.31. The molecule has 4 rings (SSSR count). The molecule has 1 aromatic carbocycles. The van der Waals surface area contributed by atoms with Crippen LogP contribution in [0.15, 0.2) is 47.4 Å². The molecule has 0 aliphatic rings. The van der Waals surface area contributed by atoms with E-state index in [-0.39, 0.29) is 11.0 Å². The van der Waals surface area contributed by atoms with Crippen LogP contribution in [0.2, 0.25) is 0 Å². The van der Waals surface area contributed by atoms with E-state index in [2.05, 4.69) is 10.1 Å². The van der Waals surface area contributed by atoms with Crippen molar-refractivity contribution in [2.45, 2.75) is 12.5 Å². The van der Waals surface area contributed by atoms with Crippen LogP contribution >= 0.6 is 0 Å². The lowest BCUT2D eigenvalue weighted by atomic mass is 10.1.